The zero-order chi connectivity index (χ0) is 19.1. The number of nitrogens with zero attached hydrogens (tertiary/aromatic N) is 4. The predicted octanol–water partition coefficient (Wildman–Crippen LogP) is 2.89. The minimum Gasteiger partial charge on any atom is -0.467 e. The molecule has 3 aromatic rings. The van der Waals surface area contributed by atoms with Crippen LogP contribution in [0.1, 0.15) is 36.7 Å². The molecule has 0 aliphatic rings. The number of tetrazole rings is 1. The second-order valence-electron chi connectivity index (χ2n) is 6.48. The molecule has 3 rings (SSSR count). The molecule has 7 nitrogen and oxygen atoms in total. The summed E-state index contributed by atoms with van der Waals surface area (Å²) in [7, 11) is 0. The fourth-order valence-corrected chi connectivity index (χ4v) is 3.25. The van der Waals surface area contributed by atoms with E-state index in [1.165, 1.54) is 22.9 Å². The van der Waals surface area contributed by atoms with Crippen LogP contribution in [0.25, 0.3) is 0 Å². The molecule has 0 aliphatic heterocycles. The second-order valence-corrected chi connectivity index (χ2v) is 7.43. The number of hydrogen-bond acceptors (Lipinski definition) is 6. The first-order valence-corrected chi connectivity index (χ1v) is 9.87. The van der Waals surface area contributed by atoms with Crippen molar-refractivity contribution >= 4 is 17.7 Å². The number of aromatic nitrogens is 4. The second kappa shape index (κ2) is 9.36. The summed E-state index contributed by atoms with van der Waals surface area (Å²) in [4.78, 5) is 12.1. The van der Waals surface area contributed by atoms with Crippen molar-refractivity contribution in [2.45, 2.75) is 37.9 Å². The zero-order valence-corrected chi connectivity index (χ0v) is 16.3. The smallest absolute Gasteiger partial charge is 0.230 e. The average molecular weight is 385 g/mol. The third kappa shape index (κ3) is 5.68. The van der Waals surface area contributed by atoms with Crippen molar-refractivity contribution in [2.24, 2.45) is 0 Å². The fourth-order valence-electron chi connectivity index (χ4n) is 2.55. The fraction of sp³-hybridized carbons (Fsp3) is 0.368. The number of carbonyl (C=O) groups excluding carboxylic acids is 1. The van der Waals surface area contributed by atoms with Gasteiger partial charge in [0.05, 0.1) is 12.0 Å². The minimum absolute atomic E-state index is 0.0358. The molecular formula is C19H23N5O2S. The van der Waals surface area contributed by atoms with Gasteiger partial charge in [-0.15, -0.1) is 5.10 Å². The molecule has 0 fully saturated rings. The van der Waals surface area contributed by atoms with Crippen LogP contribution in [0, 0.1) is 0 Å². The lowest BCUT2D eigenvalue weighted by Gasteiger charge is -2.08. The maximum Gasteiger partial charge on any atom is 0.230 e. The summed E-state index contributed by atoms with van der Waals surface area (Å²) < 4.78 is 6.92. The summed E-state index contributed by atoms with van der Waals surface area (Å²) in [6.45, 7) is 5.41. The van der Waals surface area contributed by atoms with Crippen LogP contribution in [0.5, 0.6) is 0 Å². The quantitative estimate of drug-likeness (QED) is 0.570. The SMILES string of the molecule is CC(C)c1ccc(CCNC(=O)CSc2nnnn2Cc2ccco2)cc1. The first kappa shape index (κ1) is 19.2. The molecule has 0 bridgehead atoms. The first-order chi connectivity index (χ1) is 13.1. The van der Waals surface area contributed by atoms with Crippen molar-refractivity contribution in [3.63, 3.8) is 0 Å². The maximum absolute atomic E-state index is 12.1. The van der Waals surface area contributed by atoms with E-state index in [1.54, 1.807) is 10.9 Å². The molecule has 2 heterocycles. The molecule has 142 valence electrons. The van der Waals surface area contributed by atoms with Gasteiger partial charge in [0, 0.05) is 6.54 Å². The van der Waals surface area contributed by atoms with Gasteiger partial charge in [-0.25, -0.2) is 4.68 Å². The van der Waals surface area contributed by atoms with Crippen molar-refractivity contribution < 1.29 is 9.21 Å². The van der Waals surface area contributed by atoms with Gasteiger partial charge in [-0.3, -0.25) is 4.79 Å². The van der Waals surface area contributed by atoms with Crippen LogP contribution in [0.2, 0.25) is 0 Å². The number of thioether (sulfide) groups is 1. The van der Waals surface area contributed by atoms with Gasteiger partial charge in [-0.2, -0.15) is 0 Å². The molecule has 0 radical (unpaired) electrons. The zero-order valence-electron chi connectivity index (χ0n) is 15.5. The van der Waals surface area contributed by atoms with E-state index in [9.17, 15) is 4.79 Å². The van der Waals surface area contributed by atoms with Crippen LogP contribution >= 0.6 is 11.8 Å². The lowest BCUT2D eigenvalue weighted by atomic mass is 10.0. The van der Waals surface area contributed by atoms with Gasteiger partial charge in [0.2, 0.25) is 11.1 Å². The van der Waals surface area contributed by atoms with Gasteiger partial charge in [0.25, 0.3) is 0 Å². The Labute approximate surface area is 162 Å². The van der Waals surface area contributed by atoms with E-state index in [4.69, 9.17) is 4.42 Å². The molecule has 0 saturated heterocycles. The molecule has 0 saturated carbocycles. The Kier molecular flexibility index (Phi) is 6.64. The number of nitrogens with one attached hydrogen (secondary N) is 1. The summed E-state index contributed by atoms with van der Waals surface area (Å²) in [5, 5.41) is 15.1. The molecule has 2 aromatic heterocycles. The average Bonchev–Trinajstić information content (AvgIpc) is 3.33. The Morgan fingerprint density at radius 2 is 2.07 bits per heavy atom. The third-order valence-electron chi connectivity index (χ3n) is 4.10. The maximum atomic E-state index is 12.1. The van der Waals surface area contributed by atoms with Gasteiger partial charge in [0.15, 0.2) is 0 Å². The number of furan rings is 1. The van der Waals surface area contributed by atoms with Crippen LogP contribution in [-0.4, -0.2) is 38.4 Å². The van der Waals surface area contributed by atoms with E-state index >= 15 is 0 Å². The third-order valence-corrected chi connectivity index (χ3v) is 5.06. The van der Waals surface area contributed by atoms with Gasteiger partial charge < -0.3 is 9.73 Å². The molecule has 0 atom stereocenters. The highest BCUT2D eigenvalue weighted by Gasteiger charge is 2.11. The minimum atomic E-state index is -0.0358. The van der Waals surface area contributed by atoms with Crippen molar-refractivity contribution in [1.29, 1.82) is 0 Å². The van der Waals surface area contributed by atoms with Crippen LogP contribution in [0.15, 0.2) is 52.2 Å². The normalized spacial score (nSPS) is 11.1. The highest BCUT2D eigenvalue weighted by molar-refractivity contribution is 7.99. The standard InChI is InChI=1S/C19H23N5O2S/c1-14(2)16-7-5-15(6-8-16)9-10-20-18(25)13-27-19-21-22-23-24(19)12-17-4-3-11-26-17/h3-8,11,14H,9-10,12-13H2,1-2H3,(H,20,25). The lowest BCUT2D eigenvalue weighted by molar-refractivity contribution is -0.118. The molecule has 0 spiro atoms. The van der Waals surface area contributed by atoms with E-state index in [1.807, 2.05) is 12.1 Å². The Morgan fingerprint density at radius 3 is 2.78 bits per heavy atom. The van der Waals surface area contributed by atoms with Crippen LogP contribution < -0.4 is 5.32 Å². The van der Waals surface area contributed by atoms with Crippen LogP contribution in [0.3, 0.4) is 0 Å². The Hall–Kier alpha value is -2.61. The lowest BCUT2D eigenvalue weighted by Crippen LogP contribution is -2.27. The summed E-state index contributed by atoms with van der Waals surface area (Å²) in [5.74, 6) is 1.52. The molecular weight excluding hydrogens is 362 g/mol. The summed E-state index contributed by atoms with van der Waals surface area (Å²) in [6.07, 6.45) is 2.42. The predicted molar refractivity (Wildman–Crippen MR) is 104 cm³/mol. The van der Waals surface area contributed by atoms with Gasteiger partial charge in [-0.1, -0.05) is 49.9 Å². The van der Waals surface area contributed by atoms with Crippen molar-refractivity contribution in [2.75, 3.05) is 12.3 Å². The molecule has 27 heavy (non-hydrogen) atoms. The van der Waals surface area contributed by atoms with Crippen molar-refractivity contribution in [1.82, 2.24) is 25.5 Å². The van der Waals surface area contributed by atoms with Crippen LogP contribution in [0.4, 0.5) is 0 Å². The molecule has 1 aromatic carbocycles. The van der Waals surface area contributed by atoms with Gasteiger partial charge in [-0.05, 0) is 46.0 Å². The van der Waals surface area contributed by atoms with Gasteiger partial charge in [0.1, 0.15) is 12.3 Å². The largest absolute Gasteiger partial charge is 0.467 e. The Balaban J connectivity index is 1.40. The summed E-state index contributed by atoms with van der Waals surface area (Å²) >= 11 is 1.31. The number of carbonyl (C=O) groups is 1. The van der Waals surface area contributed by atoms with E-state index in [0.717, 1.165) is 12.2 Å². The molecule has 8 heteroatoms. The number of benzene rings is 1. The van der Waals surface area contributed by atoms with Crippen molar-refractivity contribution in [3.05, 3.63) is 59.5 Å². The number of amides is 1. The van der Waals surface area contributed by atoms with E-state index in [0.29, 0.717) is 24.2 Å². The monoisotopic (exact) mass is 385 g/mol. The van der Waals surface area contributed by atoms with E-state index < -0.39 is 0 Å². The Morgan fingerprint density at radius 1 is 1.26 bits per heavy atom. The molecule has 1 N–H and O–H groups in total. The molecule has 0 unspecified atom stereocenters. The Bertz CT molecular complexity index is 843. The van der Waals surface area contributed by atoms with E-state index in [2.05, 4.69) is 59.0 Å². The number of rotatable bonds is 9. The van der Waals surface area contributed by atoms with Gasteiger partial charge >= 0.3 is 0 Å². The highest BCUT2D eigenvalue weighted by Crippen LogP contribution is 2.16. The summed E-state index contributed by atoms with van der Waals surface area (Å²) in [5.41, 5.74) is 2.54. The van der Waals surface area contributed by atoms with E-state index in [-0.39, 0.29) is 11.7 Å². The number of hydrogen-bond donors (Lipinski definition) is 1. The molecule has 0 aliphatic carbocycles. The molecule has 1 amide bonds. The van der Waals surface area contributed by atoms with Crippen LogP contribution in [-0.2, 0) is 17.8 Å². The highest BCUT2D eigenvalue weighted by atomic mass is 32.2. The topological polar surface area (TPSA) is 85.8 Å². The van der Waals surface area contributed by atoms with Crippen molar-refractivity contribution in [3.8, 4) is 0 Å². The first-order valence-electron chi connectivity index (χ1n) is 8.88. The summed E-state index contributed by atoms with van der Waals surface area (Å²) in [6, 6.07) is 12.2.